The van der Waals surface area contributed by atoms with Gasteiger partial charge in [-0.1, -0.05) is 0 Å². The van der Waals surface area contributed by atoms with E-state index >= 15 is 0 Å². The van der Waals surface area contributed by atoms with Gasteiger partial charge in [-0.2, -0.15) is 0 Å². The molecule has 1 N–H and O–H groups in total. The van der Waals surface area contributed by atoms with E-state index in [0.717, 1.165) is 39.1 Å². The van der Waals surface area contributed by atoms with Crippen LogP contribution < -0.4 is 5.56 Å². The number of fused-ring (bicyclic) bond motifs is 1. The summed E-state index contributed by atoms with van der Waals surface area (Å²) in [5.41, 5.74) is 0.512. The number of likely N-dealkylation sites (N-methyl/N-ethyl adjacent to an activating group) is 1. The molecule has 0 aliphatic carbocycles. The Morgan fingerprint density at radius 2 is 2.05 bits per heavy atom. The molecule has 1 aliphatic heterocycles. The molecule has 6 nitrogen and oxygen atoms in total. The van der Waals surface area contributed by atoms with Gasteiger partial charge in [0.2, 0.25) is 0 Å². The molecule has 0 radical (unpaired) electrons. The summed E-state index contributed by atoms with van der Waals surface area (Å²) >= 11 is 5.30. The summed E-state index contributed by atoms with van der Waals surface area (Å²) in [6.07, 6.45) is 2.58. The number of aromatic amines is 1. The van der Waals surface area contributed by atoms with Crippen LogP contribution in [0, 0.1) is 4.77 Å². The predicted molar refractivity (Wildman–Crippen MR) is 89.7 cm³/mol. The van der Waals surface area contributed by atoms with Gasteiger partial charge >= 0.3 is 0 Å². The Kier molecular flexibility index (Phi) is 4.66. The number of hydrogen-bond donors (Lipinski definition) is 1. The summed E-state index contributed by atoms with van der Waals surface area (Å²) in [5, 5.41) is 0.593. The molecule has 7 heteroatoms. The van der Waals surface area contributed by atoms with Gasteiger partial charge in [0.05, 0.1) is 5.39 Å². The standard InChI is InChI=1S/C15H21N5OS/c1-18-8-10-19(11-9-18)6-3-7-20-14(21)12-4-2-5-16-13(12)17-15(20)22/h2,4-5H,3,6-11H2,1H3,(H,16,17,22). The zero-order valence-corrected chi connectivity index (χ0v) is 13.6. The van der Waals surface area contributed by atoms with Crippen LogP contribution in [-0.2, 0) is 6.54 Å². The maximum atomic E-state index is 12.5. The third-order valence-electron chi connectivity index (χ3n) is 4.21. The van der Waals surface area contributed by atoms with Gasteiger partial charge < -0.3 is 14.8 Å². The van der Waals surface area contributed by atoms with Crippen LogP contribution >= 0.6 is 12.2 Å². The molecule has 2 aromatic rings. The number of piperazine rings is 1. The van der Waals surface area contributed by atoms with Gasteiger partial charge in [-0.25, -0.2) is 4.98 Å². The van der Waals surface area contributed by atoms with Gasteiger partial charge in [0.1, 0.15) is 5.65 Å². The van der Waals surface area contributed by atoms with E-state index < -0.39 is 0 Å². The fourth-order valence-corrected chi connectivity index (χ4v) is 3.08. The summed E-state index contributed by atoms with van der Waals surface area (Å²) in [7, 11) is 2.15. The number of nitrogens with one attached hydrogen (secondary N) is 1. The molecule has 0 unspecified atom stereocenters. The van der Waals surface area contributed by atoms with Crippen LogP contribution in [0.15, 0.2) is 23.1 Å². The van der Waals surface area contributed by atoms with Crippen molar-refractivity contribution in [2.75, 3.05) is 39.8 Å². The summed E-state index contributed by atoms with van der Waals surface area (Å²) in [6.45, 7) is 6.06. The lowest BCUT2D eigenvalue weighted by Crippen LogP contribution is -2.44. The summed E-state index contributed by atoms with van der Waals surface area (Å²) < 4.78 is 2.10. The van der Waals surface area contributed by atoms with Gasteiger partial charge in [-0.3, -0.25) is 9.36 Å². The topological polar surface area (TPSA) is 57.2 Å². The van der Waals surface area contributed by atoms with Crippen molar-refractivity contribution in [3.63, 3.8) is 0 Å². The third kappa shape index (κ3) is 3.26. The van der Waals surface area contributed by atoms with Crippen LogP contribution in [0.25, 0.3) is 11.0 Å². The molecule has 3 heterocycles. The Bertz CT molecular complexity index is 760. The summed E-state index contributed by atoms with van der Waals surface area (Å²) in [5.74, 6) is 0. The van der Waals surface area contributed by atoms with E-state index in [1.54, 1.807) is 22.9 Å². The van der Waals surface area contributed by atoms with Crippen molar-refractivity contribution in [1.82, 2.24) is 24.3 Å². The Morgan fingerprint density at radius 3 is 2.82 bits per heavy atom. The summed E-state index contributed by atoms with van der Waals surface area (Å²) in [6, 6.07) is 3.56. The predicted octanol–water partition coefficient (Wildman–Crippen LogP) is 1.09. The Labute approximate surface area is 134 Å². The van der Waals surface area contributed by atoms with Gasteiger partial charge in [0.25, 0.3) is 5.56 Å². The molecule has 0 atom stereocenters. The highest BCUT2D eigenvalue weighted by Gasteiger charge is 2.13. The molecular formula is C15H21N5OS. The zero-order valence-electron chi connectivity index (χ0n) is 12.8. The van der Waals surface area contributed by atoms with Gasteiger partial charge in [-0.15, -0.1) is 0 Å². The van der Waals surface area contributed by atoms with Crippen molar-refractivity contribution in [2.24, 2.45) is 0 Å². The van der Waals surface area contributed by atoms with E-state index in [0.29, 0.717) is 22.3 Å². The number of hydrogen-bond acceptors (Lipinski definition) is 5. The van der Waals surface area contributed by atoms with E-state index in [-0.39, 0.29) is 5.56 Å². The number of rotatable bonds is 4. The highest BCUT2D eigenvalue weighted by molar-refractivity contribution is 7.71. The largest absolute Gasteiger partial charge is 0.316 e. The van der Waals surface area contributed by atoms with Crippen molar-refractivity contribution < 1.29 is 0 Å². The number of pyridine rings is 1. The van der Waals surface area contributed by atoms with E-state index in [9.17, 15) is 4.79 Å². The van der Waals surface area contributed by atoms with Crippen LogP contribution in [0.3, 0.4) is 0 Å². The molecule has 1 aliphatic rings. The second-order valence-electron chi connectivity index (χ2n) is 5.78. The van der Waals surface area contributed by atoms with Crippen molar-refractivity contribution in [3.05, 3.63) is 33.5 Å². The Hall–Kier alpha value is -1.57. The lowest BCUT2D eigenvalue weighted by Gasteiger charge is -2.32. The lowest BCUT2D eigenvalue weighted by atomic mass is 10.3. The minimum atomic E-state index is -0.0507. The first-order valence-electron chi connectivity index (χ1n) is 7.64. The minimum Gasteiger partial charge on any atom is -0.316 e. The highest BCUT2D eigenvalue weighted by Crippen LogP contribution is 2.04. The average molecular weight is 319 g/mol. The van der Waals surface area contributed by atoms with Crippen LogP contribution in [0.1, 0.15) is 6.42 Å². The van der Waals surface area contributed by atoms with E-state index in [2.05, 4.69) is 26.8 Å². The SMILES string of the molecule is CN1CCN(CCCn2c(=S)[nH]c3ncccc3c2=O)CC1. The van der Waals surface area contributed by atoms with Gasteiger partial charge in [0, 0.05) is 38.9 Å². The van der Waals surface area contributed by atoms with Crippen molar-refractivity contribution in [1.29, 1.82) is 0 Å². The first-order chi connectivity index (χ1) is 10.6. The fourth-order valence-electron chi connectivity index (χ4n) is 2.81. The summed E-state index contributed by atoms with van der Waals surface area (Å²) in [4.78, 5) is 24.5. The molecule has 2 aromatic heterocycles. The monoisotopic (exact) mass is 319 g/mol. The third-order valence-corrected chi connectivity index (χ3v) is 4.53. The van der Waals surface area contributed by atoms with Crippen LogP contribution in [-0.4, -0.2) is 64.1 Å². The molecule has 1 fully saturated rings. The second kappa shape index (κ2) is 6.68. The lowest BCUT2D eigenvalue weighted by molar-refractivity contribution is 0.151. The minimum absolute atomic E-state index is 0.0507. The van der Waals surface area contributed by atoms with E-state index in [1.165, 1.54) is 0 Å². The molecular weight excluding hydrogens is 298 g/mol. The molecule has 22 heavy (non-hydrogen) atoms. The normalized spacial score (nSPS) is 17.1. The van der Waals surface area contributed by atoms with Crippen LogP contribution in [0.2, 0.25) is 0 Å². The Balaban J connectivity index is 1.69. The molecule has 0 spiro atoms. The van der Waals surface area contributed by atoms with E-state index in [4.69, 9.17) is 12.2 Å². The Morgan fingerprint density at radius 1 is 1.27 bits per heavy atom. The molecule has 1 saturated heterocycles. The quantitative estimate of drug-likeness (QED) is 0.855. The molecule has 3 rings (SSSR count). The average Bonchev–Trinajstić information content (AvgIpc) is 2.52. The first kappa shape index (κ1) is 15.3. The molecule has 0 saturated carbocycles. The van der Waals surface area contributed by atoms with Gasteiger partial charge in [0.15, 0.2) is 4.77 Å². The molecule has 0 bridgehead atoms. The van der Waals surface area contributed by atoms with Gasteiger partial charge in [-0.05, 0) is 44.4 Å². The van der Waals surface area contributed by atoms with Crippen molar-refractivity contribution in [3.8, 4) is 0 Å². The highest BCUT2D eigenvalue weighted by atomic mass is 32.1. The second-order valence-corrected chi connectivity index (χ2v) is 6.17. The van der Waals surface area contributed by atoms with Crippen molar-refractivity contribution in [2.45, 2.75) is 13.0 Å². The van der Waals surface area contributed by atoms with E-state index in [1.807, 2.05) is 0 Å². The maximum Gasteiger partial charge on any atom is 0.263 e. The number of aromatic nitrogens is 3. The van der Waals surface area contributed by atoms with Crippen LogP contribution in [0.4, 0.5) is 0 Å². The smallest absolute Gasteiger partial charge is 0.263 e. The van der Waals surface area contributed by atoms with Crippen LogP contribution in [0.5, 0.6) is 0 Å². The zero-order chi connectivity index (χ0) is 15.5. The number of nitrogens with zero attached hydrogens (tertiary/aromatic N) is 4. The fraction of sp³-hybridized carbons (Fsp3) is 0.533. The molecule has 118 valence electrons. The maximum absolute atomic E-state index is 12.5. The molecule has 0 aromatic carbocycles. The molecule has 0 amide bonds. The first-order valence-corrected chi connectivity index (χ1v) is 8.05. The number of H-pyrrole nitrogens is 1. The van der Waals surface area contributed by atoms with Crippen molar-refractivity contribution >= 4 is 23.3 Å².